The Morgan fingerprint density at radius 2 is 1.05 bits per heavy atom. The summed E-state index contributed by atoms with van der Waals surface area (Å²) >= 11 is 0. The maximum Gasteiger partial charge on any atom is 0.224 e. The molecule has 12 nitrogen and oxygen atoms in total. The minimum absolute atomic E-state index is 0.0268. The van der Waals surface area contributed by atoms with Gasteiger partial charge in [-0.25, -0.2) is 0 Å². The fourth-order valence-electron chi connectivity index (χ4n) is 7.19. The molecule has 246 valence electrons. The Labute approximate surface area is 257 Å². The van der Waals surface area contributed by atoms with Gasteiger partial charge in [-0.3, -0.25) is 19.6 Å². The molecule has 3 fully saturated rings. The van der Waals surface area contributed by atoms with Gasteiger partial charge in [-0.1, -0.05) is 84.0 Å². The lowest BCUT2D eigenvalue weighted by atomic mass is 9.75. The molecule has 2 bridgehead atoms. The lowest BCUT2D eigenvalue weighted by molar-refractivity contribution is -0.140. The number of nitrogens with zero attached hydrogens (tertiary/aromatic N) is 2. The van der Waals surface area contributed by atoms with Gasteiger partial charge in [-0.05, 0) is 19.3 Å². The third kappa shape index (κ3) is 11.1. The maximum atomic E-state index is 13.3. The zero-order chi connectivity index (χ0) is 31.0. The number of hydrogen-bond acceptors (Lipinski definition) is 6. The molecule has 43 heavy (non-hydrogen) atoms. The predicted octanol–water partition coefficient (Wildman–Crippen LogP) is 2.24. The first-order valence-corrected chi connectivity index (χ1v) is 16.8. The number of ether oxygens (including phenoxy) is 2. The highest BCUT2D eigenvalue weighted by Crippen LogP contribution is 2.57. The maximum absolute atomic E-state index is 13.3. The van der Waals surface area contributed by atoms with E-state index in [-0.39, 0.29) is 80.2 Å². The van der Waals surface area contributed by atoms with Crippen LogP contribution in [0.5, 0.6) is 0 Å². The van der Waals surface area contributed by atoms with E-state index in [0.29, 0.717) is 0 Å². The molecule has 0 radical (unpaired) electrons. The lowest BCUT2D eigenvalue weighted by Crippen LogP contribution is -2.52. The Balaban J connectivity index is 1.42. The number of nitrogens with one attached hydrogen (secondary N) is 2. The van der Waals surface area contributed by atoms with E-state index in [1.165, 1.54) is 77.0 Å². The van der Waals surface area contributed by atoms with Crippen LogP contribution in [-0.4, -0.2) is 68.4 Å². The zero-order valence-electron chi connectivity index (χ0n) is 26.3. The van der Waals surface area contributed by atoms with E-state index >= 15 is 0 Å². The van der Waals surface area contributed by atoms with Crippen molar-refractivity contribution in [3.8, 4) is 0 Å². The number of carbonyl (C=O) groups is 2. The number of nitrogens with two attached hydrogens (primary N) is 4. The van der Waals surface area contributed by atoms with E-state index in [1.54, 1.807) is 0 Å². The van der Waals surface area contributed by atoms with Crippen molar-refractivity contribution >= 4 is 23.7 Å². The van der Waals surface area contributed by atoms with E-state index in [2.05, 4.69) is 27.5 Å². The molecule has 2 aliphatic carbocycles. The molecule has 0 aromatic rings. The van der Waals surface area contributed by atoms with E-state index in [9.17, 15) is 9.59 Å². The number of fused-ring (bicyclic) bond motifs is 5. The van der Waals surface area contributed by atoms with Gasteiger partial charge >= 0.3 is 0 Å². The van der Waals surface area contributed by atoms with E-state index in [1.807, 2.05) is 0 Å². The number of carbonyl (C=O) groups excluding carboxylic acids is 2. The van der Waals surface area contributed by atoms with Crippen LogP contribution in [0.2, 0.25) is 0 Å². The standard InChI is InChI=1S/C31H58N8O4/c1-2-3-4-5-6-7-8-9-10-11-12-13-14-15-23-42-26-21-20-22(27(26)43-23)25(29(41)37-17-19-39-31(34)35)24(21)28(40)36-16-18-38-30(32)33/h21-27H,2-20H2,1H3,(H,36,40)(H,37,41)(H4,32,33,38)(H4,34,35,39). The highest BCUT2D eigenvalue weighted by atomic mass is 16.7. The summed E-state index contributed by atoms with van der Waals surface area (Å²) in [5, 5.41) is 5.83. The molecule has 0 aromatic heterocycles. The molecule has 10 N–H and O–H groups in total. The number of unbranched alkanes of at least 4 members (excludes halogenated alkanes) is 12. The first-order valence-electron chi connectivity index (χ1n) is 16.8. The normalized spacial score (nSPS) is 27.0. The monoisotopic (exact) mass is 606 g/mol. The molecule has 2 amide bonds. The van der Waals surface area contributed by atoms with Crippen LogP contribution in [0, 0.1) is 23.7 Å². The van der Waals surface area contributed by atoms with Crippen molar-refractivity contribution in [2.24, 2.45) is 56.6 Å². The summed E-state index contributed by atoms with van der Waals surface area (Å²) in [5.41, 5.74) is 21.6. The van der Waals surface area contributed by atoms with E-state index in [4.69, 9.17) is 32.4 Å². The summed E-state index contributed by atoms with van der Waals surface area (Å²) in [4.78, 5) is 34.5. The Morgan fingerprint density at radius 3 is 1.44 bits per heavy atom. The number of guanidine groups is 2. The average Bonchev–Trinajstić information content (AvgIpc) is 3.66. The third-order valence-electron chi connectivity index (χ3n) is 9.20. The molecular weight excluding hydrogens is 548 g/mol. The van der Waals surface area contributed by atoms with Gasteiger partial charge in [-0.2, -0.15) is 0 Å². The summed E-state index contributed by atoms with van der Waals surface area (Å²) in [5.74, 6) is -1.58. The molecular formula is C31H58N8O4. The van der Waals surface area contributed by atoms with Crippen molar-refractivity contribution in [2.45, 2.75) is 122 Å². The molecule has 6 unspecified atom stereocenters. The Kier molecular flexibility index (Phi) is 15.4. The first kappa shape index (κ1) is 34.9. The zero-order valence-corrected chi connectivity index (χ0v) is 26.3. The van der Waals surface area contributed by atoms with Gasteiger partial charge in [0, 0.05) is 24.9 Å². The SMILES string of the molecule is CCCCCCCCCCCCCCCC1OC2C3CC(C2O1)C(C(=O)NCCN=C(N)N)C3C(=O)NCCN=C(N)N. The Bertz CT molecular complexity index is 852. The molecule has 2 saturated carbocycles. The number of hydrogen-bond donors (Lipinski definition) is 6. The molecule has 12 heteroatoms. The smallest absolute Gasteiger partial charge is 0.224 e. The highest BCUT2D eigenvalue weighted by Gasteiger charge is 2.66. The van der Waals surface area contributed by atoms with Crippen LogP contribution in [0.1, 0.15) is 103 Å². The van der Waals surface area contributed by atoms with Crippen LogP contribution < -0.4 is 33.6 Å². The molecule has 3 aliphatic rings. The largest absolute Gasteiger partial charge is 0.370 e. The van der Waals surface area contributed by atoms with Crippen LogP contribution in [0.25, 0.3) is 0 Å². The minimum atomic E-state index is -0.507. The second-order valence-electron chi connectivity index (χ2n) is 12.5. The Morgan fingerprint density at radius 1 is 0.651 bits per heavy atom. The topological polar surface area (TPSA) is 205 Å². The van der Waals surface area contributed by atoms with Gasteiger partial charge in [0.05, 0.1) is 37.1 Å². The second-order valence-corrected chi connectivity index (χ2v) is 12.5. The fourth-order valence-corrected chi connectivity index (χ4v) is 7.19. The minimum Gasteiger partial charge on any atom is -0.370 e. The van der Waals surface area contributed by atoms with Gasteiger partial charge in [0.25, 0.3) is 0 Å². The molecule has 1 saturated heterocycles. The van der Waals surface area contributed by atoms with Gasteiger partial charge in [0.15, 0.2) is 18.2 Å². The summed E-state index contributed by atoms with van der Waals surface area (Å²) in [7, 11) is 0. The quantitative estimate of drug-likeness (QED) is 0.0611. The van der Waals surface area contributed by atoms with Gasteiger partial charge in [0.1, 0.15) is 0 Å². The van der Waals surface area contributed by atoms with Crippen molar-refractivity contribution in [1.29, 1.82) is 0 Å². The summed E-state index contributed by atoms with van der Waals surface area (Å²) < 4.78 is 12.8. The van der Waals surface area contributed by atoms with Gasteiger partial charge in [-0.15, -0.1) is 0 Å². The summed E-state index contributed by atoms with van der Waals surface area (Å²) in [6.45, 7) is 3.39. The predicted molar refractivity (Wildman–Crippen MR) is 170 cm³/mol. The van der Waals surface area contributed by atoms with Crippen molar-refractivity contribution in [3.63, 3.8) is 0 Å². The number of amides is 2. The third-order valence-corrected chi connectivity index (χ3v) is 9.20. The van der Waals surface area contributed by atoms with Crippen LogP contribution in [-0.2, 0) is 19.1 Å². The van der Waals surface area contributed by atoms with Gasteiger partial charge in [0.2, 0.25) is 11.8 Å². The Hall–Kier alpha value is -2.60. The number of rotatable bonds is 22. The highest BCUT2D eigenvalue weighted by molar-refractivity contribution is 5.89. The second kappa shape index (κ2) is 18.9. The summed E-state index contributed by atoms with van der Waals surface area (Å²) in [6, 6.07) is 0. The number of aliphatic imine (C=N–C) groups is 2. The lowest BCUT2D eigenvalue weighted by Gasteiger charge is -2.34. The molecule has 6 atom stereocenters. The van der Waals surface area contributed by atoms with Crippen LogP contribution >= 0.6 is 0 Å². The molecule has 1 heterocycles. The molecule has 0 spiro atoms. The van der Waals surface area contributed by atoms with Crippen molar-refractivity contribution in [3.05, 3.63) is 0 Å². The van der Waals surface area contributed by atoms with Crippen molar-refractivity contribution in [1.82, 2.24) is 10.6 Å². The van der Waals surface area contributed by atoms with Crippen LogP contribution in [0.3, 0.4) is 0 Å². The van der Waals surface area contributed by atoms with Crippen molar-refractivity contribution < 1.29 is 19.1 Å². The molecule has 3 rings (SSSR count). The van der Waals surface area contributed by atoms with Crippen molar-refractivity contribution in [2.75, 3.05) is 26.2 Å². The fraction of sp³-hybridized carbons (Fsp3) is 0.871. The molecule has 0 aromatic carbocycles. The molecule has 1 aliphatic heterocycles. The van der Waals surface area contributed by atoms with Crippen LogP contribution in [0.4, 0.5) is 0 Å². The van der Waals surface area contributed by atoms with Crippen LogP contribution in [0.15, 0.2) is 9.98 Å². The van der Waals surface area contributed by atoms with E-state index in [0.717, 1.165) is 19.3 Å². The summed E-state index contributed by atoms with van der Waals surface area (Å²) in [6.07, 6.45) is 18.0. The van der Waals surface area contributed by atoms with Gasteiger partial charge < -0.3 is 43.0 Å². The van der Waals surface area contributed by atoms with E-state index < -0.39 is 11.8 Å². The first-order chi connectivity index (χ1) is 20.8. The average molecular weight is 607 g/mol.